The van der Waals surface area contributed by atoms with Crippen molar-refractivity contribution in [2.45, 2.75) is 37.1 Å². The first kappa shape index (κ1) is 17.1. The van der Waals surface area contributed by atoms with Gasteiger partial charge in [0, 0.05) is 19.2 Å². The van der Waals surface area contributed by atoms with Crippen molar-refractivity contribution in [2.24, 2.45) is 5.73 Å². The molecule has 1 aromatic heterocycles. The quantitative estimate of drug-likeness (QED) is 0.486. The van der Waals surface area contributed by atoms with Gasteiger partial charge in [-0.1, -0.05) is 0 Å². The SMILES string of the molecule is NC(=O)CCCCNS(=O)(=O)c1cnn(CCC(=O)O)c1. The van der Waals surface area contributed by atoms with Crippen LogP contribution in [0.1, 0.15) is 25.7 Å². The van der Waals surface area contributed by atoms with E-state index in [4.69, 9.17) is 10.8 Å². The number of hydrogen-bond donors (Lipinski definition) is 3. The van der Waals surface area contributed by atoms with Gasteiger partial charge in [-0.05, 0) is 12.8 Å². The molecule has 0 saturated carbocycles. The molecule has 1 aromatic rings. The molecule has 1 rings (SSSR count). The second kappa shape index (κ2) is 7.74. The normalized spacial score (nSPS) is 11.4. The lowest BCUT2D eigenvalue weighted by molar-refractivity contribution is -0.137. The minimum absolute atomic E-state index is 0.0252. The molecular formula is C11H18N4O5S. The number of unbranched alkanes of at least 4 members (excludes halogenated alkanes) is 1. The molecule has 0 fully saturated rings. The van der Waals surface area contributed by atoms with Crippen LogP contribution in [0.15, 0.2) is 17.3 Å². The minimum Gasteiger partial charge on any atom is -0.481 e. The fourth-order valence-corrected chi connectivity index (χ4v) is 2.56. The summed E-state index contributed by atoms with van der Waals surface area (Å²) in [6.45, 7) is 0.291. The van der Waals surface area contributed by atoms with Gasteiger partial charge in [0.05, 0.1) is 19.2 Å². The Morgan fingerprint density at radius 2 is 2.05 bits per heavy atom. The molecule has 1 heterocycles. The zero-order valence-corrected chi connectivity index (χ0v) is 12.2. The lowest BCUT2D eigenvalue weighted by Gasteiger charge is -2.03. The number of carboxylic acid groups (broad SMARTS) is 1. The van der Waals surface area contributed by atoms with Gasteiger partial charge in [0.1, 0.15) is 4.90 Å². The topological polar surface area (TPSA) is 144 Å². The van der Waals surface area contributed by atoms with Gasteiger partial charge >= 0.3 is 5.97 Å². The van der Waals surface area contributed by atoms with Crippen molar-refractivity contribution in [1.82, 2.24) is 14.5 Å². The number of primary amides is 1. The number of hydrogen-bond acceptors (Lipinski definition) is 5. The third-order valence-electron chi connectivity index (χ3n) is 2.62. The summed E-state index contributed by atoms with van der Waals surface area (Å²) >= 11 is 0. The van der Waals surface area contributed by atoms with E-state index < -0.39 is 21.9 Å². The molecule has 118 valence electrons. The molecule has 9 nitrogen and oxygen atoms in total. The van der Waals surface area contributed by atoms with E-state index in [0.717, 1.165) is 6.20 Å². The van der Waals surface area contributed by atoms with E-state index in [1.54, 1.807) is 0 Å². The zero-order valence-electron chi connectivity index (χ0n) is 11.4. The summed E-state index contributed by atoms with van der Waals surface area (Å²) < 4.78 is 27.5. The van der Waals surface area contributed by atoms with Gasteiger partial charge in [-0.25, -0.2) is 13.1 Å². The first-order chi connectivity index (χ1) is 9.81. The first-order valence-electron chi connectivity index (χ1n) is 6.33. The lowest BCUT2D eigenvalue weighted by Crippen LogP contribution is -2.24. The molecule has 0 unspecified atom stereocenters. The van der Waals surface area contributed by atoms with Crippen molar-refractivity contribution in [3.8, 4) is 0 Å². The molecule has 0 aliphatic rings. The van der Waals surface area contributed by atoms with Gasteiger partial charge in [-0.15, -0.1) is 0 Å². The first-order valence-corrected chi connectivity index (χ1v) is 7.82. The third-order valence-corrected chi connectivity index (χ3v) is 4.03. The van der Waals surface area contributed by atoms with Crippen molar-refractivity contribution in [3.05, 3.63) is 12.4 Å². The molecule has 0 spiro atoms. The molecule has 0 aliphatic carbocycles. The Balaban J connectivity index is 2.46. The summed E-state index contributed by atoms with van der Waals surface area (Å²) in [4.78, 5) is 20.9. The maximum absolute atomic E-state index is 11.9. The van der Waals surface area contributed by atoms with Crippen LogP contribution in [0, 0.1) is 0 Å². The summed E-state index contributed by atoms with van der Waals surface area (Å²) in [6, 6.07) is 0. The van der Waals surface area contributed by atoms with Gasteiger partial charge < -0.3 is 10.8 Å². The number of rotatable bonds is 10. The Bertz CT molecular complexity index is 596. The van der Waals surface area contributed by atoms with Crippen molar-refractivity contribution >= 4 is 21.9 Å². The van der Waals surface area contributed by atoms with E-state index >= 15 is 0 Å². The summed E-state index contributed by atoms with van der Waals surface area (Å²) in [5, 5.41) is 12.3. The van der Waals surface area contributed by atoms with Crippen LogP contribution in [0.3, 0.4) is 0 Å². The Hall–Kier alpha value is -1.94. The standard InChI is InChI=1S/C11H18N4O5S/c12-10(16)3-1-2-5-14-21(19,20)9-7-13-15(8-9)6-4-11(17)18/h7-8,14H,1-6H2,(H2,12,16)(H,17,18). The van der Waals surface area contributed by atoms with E-state index in [-0.39, 0.29) is 30.8 Å². The number of nitrogens with two attached hydrogens (primary N) is 1. The Labute approximate surface area is 122 Å². The van der Waals surface area contributed by atoms with Gasteiger partial charge in [-0.2, -0.15) is 5.10 Å². The van der Waals surface area contributed by atoms with Crippen LogP contribution in [0.4, 0.5) is 0 Å². The highest BCUT2D eigenvalue weighted by Crippen LogP contribution is 2.07. The predicted octanol–water partition coefficient (Wildman–Crippen LogP) is -0.708. The summed E-state index contributed by atoms with van der Waals surface area (Å²) in [5.41, 5.74) is 4.97. The molecular weight excluding hydrogens is 300 g/mol. The second-order valence-corrected chi connectivity index (χ2v) is 6.17. The number of sulfonamides is 1. The number of aryl methyl sites for hydroxylation is 1. The fraction of sp³-hybridized carbons (Fsp3) is 0.545. The number of aliphatic carboxylic acids is 1. The van der Waals surface area contributed by atoms with E-state index in [2.05, 4.69) is 9.82 Å². The van der Waals surface area contributed by atoms with Crippen LogP contribution >= 0.6 is 0 Å². The van der Waals surface area contributed by atoms with E-state index in [1.165, 1.54) is 10.9 Å². The van der Waals surface area contributed by atoms with Gasteiger partial charge in [0.15, 0.2) is 0 Å². The Morgan fingerprint density at radius 1 is 1.33 bits per heavy atom. The molecule has 0 radical (unpaired) electrons. The number of aromatic nitrogens is 2. The number of carbonyl (C=O) groups excluding carboxylic acids is 1. The molecule has 0 saturated heterocycles. The van der Waals surface area contributed by atoms with Crippen LogP contribution < -0.4 is 10.5 Å². The number of nitrogens with one attached hydrogen (secondary N) is 1. The smallest absolute Gasteiger partial charge is 0.305 e. The Morgan fingerprint density at radius 3 is 2.67 bits per heavy atom. The largest absolute Gasteiger partial charge is 0.481 e. The lowest BCUT2D eigenvalue weighted by atomic mass is 10.2. The zero-order chi connectivity index (χ0) is 15.9. The maximum Gasteiger partial charge on any atom is 0.305 e. The van der Waals surface area contributed by atoms with E-state index in [9.17, 15) is 18.0 Å². The molecule has 0 aliphatic heterocycles. The molecule has 21 heavy (non-hydrogen) atoms. The highest BCUT2D eigenvalue weighted by molar-refractivity contribution is 7.89. The van der Waals surface area contributed by atoms with E-state index in [1.807, 2.05) is 0 Å². The predicted molar refractivity (Wildman–Crippen MR) is 72.7 cm³/mol. The van der Waals surface area contributed by atoms with Gasteiger partial charge in [-0.3, -0.25) is 14.3 Å². The van der Waals surface area contributed by atoms with Crippen LogP contribution in [0.5, 0.6) is 0 Å². The van der Waals surface area contributed by atoms with Crippen molar-refractivity contribution in [1.29, 1.82) is 0 Å². The maximum atomic E-state index is 11.9. The van der Waals surface area contributed by atoms with Crippen LogP contribution in [0.2, 0.25) is 0 Å². The summed E-state index contributed by atoms with van der Waals surface area (Å²) in [7, 11) is -3.68. The number of carbonyl (C=O) groups is 2. The monoisotopic (exact) mass is 318 g/mol. The highest BCUT2D eigenvalue weighted by Gasteiger charge is 2.16. The molecule has 0 bridgehead atoms. The van der Waals surface area contributed by atoms with Crippen LogP contribution in [0.25, 0.3) is 0 Å². The minimum atomic E-state index is -3.68. The van der Waals surface area contributed by atoms with Crippen molar-refractivity contribution < 1.29 is 23.1 Å². The number of nitrogens with zero attached hydrogens (tertiary/aromatic N) is 2. The van der Waals surface area contributed by atoms with Crippen LogP contribution in [-0.4, -0.2) is 41.7 Å². The molecule has 0 aromatic carbocycles. The van der Waals surface area contributed by atoms with E-state index in [0.29, 0.717) is 12.8 Å². The summed E-state index contributed by atoms with van der Waals surface area (Å²) in [6.07, 6.45) is 3.52. The molecule has 1 amide bonds. The van der Waals surface area contributed by atoms with Crippen LogP contribution in [-0.2, 0) is 26.2 Å². The number of amides is 1. The van der Waals surface area contributed by atoms with Gasteiger partial charge in [0.25, 0.3) is 0 Å². The summed E-state index contributed by atoms with van der Waals surface area (Å²) in [5.74, 6) is -1.40. The van der Waals surface area contributed by atoms with Crippen molar-refractivity contribution in [2.75, 3.05) is 6.54 Å². The molecule has 4 N–H and O–H groups in total. The third kappa shape index (κ3) is 6.36. The average Bonchev–Trinajstić information content (AvgIpc) is 2.85. The molecule has 10 heteroatoms. The second-order valence-electron chi connectivity index (χ2n) is 4.40. The average molecular weight is 318 g/mol. The number of carboxylic acids is 1. The van der Waals surface area contributed by atoms with Gasteiger partial charge in [0.2, 0.25) is 15.9 Å². The fourth-order valence-electron chi connectivity index (χ4n) is 1.53. The highest BCUT2D eigenvalue weighted by atomic mass is 32.2. The molecule has 0 atom stereocenters. The Kier molecular flexibility index (Phi) is 6.31. The van der Waals surface area contributed by atoms with Crippen molar-refractivity contribution in [3.63, 3.8) is 0 Å².